The van der Waals surface area contributed by atoms with Gasteiger partial charge in [0.05, 0.1) is 6.61 Å². The highest BCUT2D eigenvalue weighted by Crippen LogP contribution is 2.13. The number of ether oxygens (including phenoxy) is 1. The highest BCUT2D eigenvalue weighted by Gasteiger charge is 2.06. The van der Waals surface area contributed by atoms with Crippen LogP contribution >= 0.6 is 24.0 Å². The summed E-state index contributed by atoms with van der Waals surface area (Å²) in [6, 6.07) is 8.26. The standard InChI is InChI=1S/C21H33N5O.HI/c1-5-22-21(24-13-7-8-15-26-16-14-23-18(26)3)25(4)17-19-9-11-20(12-10-19)27-6-2;/h9-12,14,16H,5-8,13,15,17H2,1-4H3,(H,22,24);1H. The van der Waals surface area contributed by atoms with Crippen molar-refractivity contribution in [1.82, 2.24) is 19.8 Å². The Kier molecular flexibility index (Phi) is 11.6. The second kappa shape index (κ2) is 13.4. The molecule has 156 valence electrons. The summed E-state index contributed by atoms with van der Waals surface area (Å²) in [5, 5.41) is 3.38. The zero-order valence-electron chi connectivity index (χ0n) is 17.5. The number of unbranched alkanes of at least 4 members (excludes halogenated alkanes) is 1. The fraction of sp³-hybridized carbons (Fsp3) is 0.524. The monoisotopic (exact) mass is 499 g/mol. The summed E-state index contributed by atoms with van der Waals surface area (Å²) in [5.41, 5.74) is 1.24. The van der Waals surface area contributed by atoms with Crippen LogP contribution in [0.4, 0.5) is 0 Å². The molecule has 1 aromatic carbocycles. The summed E-state index contributed by atoms with van der Waals surface area (Å²) >= 11 is 0. The lowest BCUT2D eigenvalue weighted by Crippen LogP contribution is -2.38. The molecule has 0 radical (unpaired) electrons. The maximum Gasteiger partial charge on any atom is 0.193 e. The first-order chi connectivity index (χ1) is 13.1. The molecule has 0 aliphatic heterocycles. The predicted molar refractivity (Wildman–Crippen MR) is 127 cm³/mol. The summed E-state index contributed by atoms with van der Waals surface area (Å²) in [6.45, 7) is 10.3. The van der Waals surface area contributed by atoms with Crippen LogP contribution in [0, 0.1) is 6.92 Å². The van der Waals surface area contributed by atoms with E-state index in [4.69, 9.17) is 9.73 Å². The molecule has 7 heteroatoms. The van der Waals surface area contributed by atoms with Gasteiger partial charge in [-0.15, -0.1) is 24.0 Å². The van der Waals surface area contributed by atoms with Crippen molar-refractivity contribution >= 4 is 29.9 Å². The van der Waals surface area contributed by atoms with Gasteiger partial charge in [0, 0.05) is 45.6 Å². The molecule has 2 aromatic rings. The van der Waals surface area contributed by atoms with Gasteiger partial charge in [-0.05, 0) is 51.3 Å². The van der Waals surface area contributed by atoms with Crippen molar-refractivity contribution in [2.24, 2.45) is 4.99 Å². The molecule has 28 heavy (non-hydrogen) atoms. The van der Waals surface area contributed by atoms with E-state index in [1.807, 2.05) is 38.4 Å². The van der Waals surface area contributed by atoms with E-state index in [9.17, 15) is 0 Å². The number of nitrogens with one attached hydrogen (secondary N) is 1. The highest BCUT2D eigenvalue weighted by molar-refractivity contribution is 14.0. The van der Waals surface area contributed by atoms with Crippen molar-refractivity contribution < 1.29 is 4.74 Å². The van der Waals surface area contributed by atoms with Crippen LogP contribution in [0.1, 0.15) is 38.1 Å². The number of aromatic nitrogens is 2. The van der Waals surface area contributed by atoms with E-state index in [1.165, 1.54) is 5.56 Å². The summed E-state index contributed by atoms with van der Waals surface area (Å²) in [4.78, 5) is 11.2. The van der Waals surface area contributed by atoms with Gasteiger partial charge in [0.1, 0.15) is 11.6 Å². The first kappa shape index (κ1) is 24.3. The van der Waals surface area contributed by atoms with Gasteiger partial charge in [-0.1, -0.05) is 12.1 Å². The number of guanidine groups is 1. The third-order valence-corrected chi connectivity index (χ3v) is 4.34. The normalized spacial score (nSPS) is 11.1. The molecule has 0 amide bonds. The molecule has 0 unspecified atom stereocenters. The van der Waals surface area contributed by atoms with Crippen molar-refractivity contribution in [3.05, 3.63) is 48.0 Å². The first-order valence-electron chi connectivity index (χ1n) is 9.83. The van der Waals surface area contributed by atoms with E-state index in [1.54, 1.807) is 0 Å². The number of hydrogen-bond acceptors (Lipinski definition) is 3. The van der Waals surface area contributed by atoms with Gasteiger partial charge in [-0.25, -0.2) is 4.98 Å². The molecule has 1 heterocycles. The topological polar surface area (TPSA) is 54.7 Å². The lowest BCUT2D eigenvalue weighted by Gasteiger charge is -2.22. The average Bonchev–Trinajstić information content (AvgIpc) is 3.07. The minimum atomic E-state index is 0. The maximum atomic E-state index is 5.51. The largest absolute Gasteiger partial charge is 0.494 e. The van der Waals surface area contributed by atoms with E-state index in [2.05, 4.69) is 45.9 Å². The molecule has 1 aromatic heterocycles. The molecule has 2 rings (SSSR count). The molecule has 0 spiro atoms. The van der Waals surface area contributed by atoms with Crippen molar-refractivity contribution in [3.8, 4) is 5.75 Å². The van der Waals surface area contributed by atoms with Crippen molar-refractivity contribution in [2.75, 3.05) is 26.7 Å². The Balaban J connectivity index is 0.00000392. The number of aryl methyl sites for hydroxylation is 2. The number of imidazole rings is 1. The number of rotatable bonds is 10. The molecule has 0 aliphatic rings. The third kappa shape index (κ3) is 8.08. The fourth-order valence-electron chi connectivity index (χ4n) is 2.90. The van der Waals surface area contributed by atoms with Crippen LogP contribution in [0.25, 0.3) is 0 Å². The smallest absolute Gasteiger partial charge is 0.193 e. The van der Waals surface area contributed by atoms with E-state index in [0.717, 1.165) is 56.6 Å². The molecular formula is C21H34IN5O. The van der Waals surface area contributed by atoms with Gasteiger partial charge in [0.2, 0.25) is 0 Å². The molecule has 0 fully saturated rings. The average molecular weight is 499 g/mol. The van der Waals surface area contributed by atoms with E-state index in [-0.39, 0.29) is 24.0 Å². The highest BCUT2D eigenvalue weighted by atomic mass is 127. The van der Waals surface area contributed by atoms with Crippen molar-refractivity contribution in [1.29, 1.82) is 0 Å². The second-order valence-corrected chi connectivity index (χ2v) is 6.54. The maximum absolute atomic E-state index is 5.51. The number of aliphatic imine (C=N–C) groups is 1. The van der Waals surface area contributed by atoms with Crippen molar-refractivity contribution in [3.63, 3.8) is 0 Å². The quantitative estimate of drug-likeness (QED) is 0.232. The number of halogens is 1. The van der Waals surface area contributed by atoms with Crippen LogP contribution < -0.4 is 10.1 Å². The SMILES string of the molecule is CCNC(=NCCCCn1ccnc1C)N(C)Cc1ccc(OCC)cc1.I. The van der Waals surface area contributed by atoms with Gasteiger partial charge in [-0.2, -0.15) is 0 Å². The lowest BCUT2D eigenvalue weighted by molar-refractivity contribution is 0.340. The summed E-state index contributed by atoms with van der Waals surface area (Å²) in [6.07, 6.45) is 6.05. The van der Waals surface area contributed by atoms with Crippen LogP contribution in [0.5, 0.6) is 5.75 Å². The Bertz CT molecular complexity index is 699. The molecule has 0 atom stereocenters. The van der Waals surface area contributed by atoms with Crippen molar-refractivity contribution in [2.45, 2.75) is 46.7 Å². The Morgan fingerprint density at radius 1 is 1.21 bits per heavy atom. The molecule has 0 aliphatic carbocycles. The second-order valence-electron chi connectivity index (χ2n) is 6.54. The number of hydrogen-bond donors (Lipinski definition) is 1. The predicted octanol–water partition coefficient (Wildman–Crippen LogP) is 4.09. The van der Waals surface area contributed by atoms with E-state index in [0.29, 0.717) is 6.61 Å². The minimum Gasteiger partial charge on any atom is -0.494 e. The molecular weight excluding hydrogens is 465 g/mol. The Hall–Kier alpha value is -1.77. The molecule has 6 nitrogen and oxygen atoms in total. The Morgan fingerprint density at radius 3 is 2.57 bits per heavy atom. The van der Waals surface area contributed by atoms with E-state index < -0.39 is 0 Å². The van der Waals surface area contributed by atoms with Gasteiger partial charge >= 0.3 is 0 Å². The number of nitrogens with zero attached hydrogens (tertiary/aromatic N) is 4. The van der Waals surface area contributed by atoms with Gasteiger partial charge in [-0.3, -0.25) is 4.99 Å². The van der Waals surface area contributed by atoms with Gasteiger partial charge < -0.3 is 19.5 Å². The lowest BCUT2D eigenvalue weighted by atomic mass is 10.2. The summed E-state index contributed by atoms with van der Waals surface area (Å²) in [5.74, 6) is 2.93. The molecule has 0 bridgehead atoms. The summed E-state index contributed by atoms with van der Waals surface area (Å²) < 4.78 is 7.69. The molecule has 0 saturated carbocycles. The zero-order valence-corrected chi connectivity index (χ0v) is 19.8. The molecule has 1 N–H and O–H groups in total. The van der Waals surface area contributed by atoms with Crippen LogP contribution in [0.15, 0.2) is 41.7 Å². The third-order valence-electron chi connectivity index (χ3n) is 4.34. The van der Waals surface area contributed by atoms with Crippen LogP contribution in [0.3, 0.4) is 0 Å². The Labute approximate surface area is 186 Å². The Morgan fingerprint density at radius 2 is 1.96 bits per heavy atom. The van der Waals surface area contributed by atoms with Crippen LogP contribution in [-0.4, -0.2) is 47.2 Å². The summed E-state index contributed by atoms with van der Waals surface area (Å²) in [7, 11) is 2.08. The van der Waals surface area contributed by atoms with Crippen LogP contribution in [-0.2, 0) is 13.1 Å². The number of benzene rings is 1. The minimum absolute atomic E-state index is 0. The zero-order chi connectivity index (χ0) is 19.5. The van der Waals surface area contributed by atoms with Gasteiger partial charge in [0.15, 0.2) is 5.96 Å². The van der Waals surface area contributed by atoms with Crippen LogP contribution in [0.2, 0.25) is 0 Å². The first-order valence-corrected chi connectivity index (χ1v) is 9.83. The van der Waals surface area contributed by atoms with E-state index >= 15 is 0 Å². The van der Waals surface area contributed by atoms with Gasteiger partial charge in [0.25, 0.3) is 0 Å². The fourth-order valence-corrected chi connectivity index (χ4v) is 2.90. The molecule has 0 saturated heterocycles.